The molecular weight excluding hydrogens is 378 g/mol. The Labute approximate surface area is 166 Å². The number of nitrogens with two attached hydrogens (primary N) is 1. The maximum atomic E-state index is 13.0. The molecule has 1 aliphatic rings. The molecule has 8 heteroatoms. The topological polar surface area (TPSA) is 115 Å². The number of nitrogens with zero attached hydrogens (tertiary/aromatic N) is 1. The van der Waals surface area contributed by atoms with Gasteiger partial charge in [0.15, 0.2) is 5.78 Å². The third-order valence-electron chi connectivity index (χ3n) is 4.82. The fraction of sp³-hybridized carbons (Fsp3) is 0.300. The fourth-order valence-corrected chi connectivity index (χ4v) is 3.67. The Morgan fingerprint density at radius 2 is 1.93 bits per heavy atom. The zero-order valence-corrected chi connectivity index (χ0v) is 16.2. The second-order valence-corrected chi connectivity index (χ2v) is 7.52. The highest BCUT2D eigenvalue weighted by atomic mass is 32.2. The zero-order chi connectivity index (χ0) is 20.3. The monoisotopic (exact) mass is 399 g/mol. The third kappa shape index (κ3) is 4.23. The van der Waals surface area contributed by atoms with Crippen molar-refractivity contribution in [1.82, 2.24) is 5.32 Å². The van der Waals surface area contributed by atoms with E-state index < -0.39 is 10.7 Å². The first-order chi connectivity index (χ1) is 13.5. The molecule has 7 nitrogen and oxygen atoms in total. The molecule has 0 aromatic heterocycles. The number of ketones is 1. The normalized spacial score (nSPS) is 14.4. The van der Waals surface area contributed by atoms with Gasteiger partial charge in [0.05, 0.1) is 15.4 Å². The smallest absolute Gasteiger partial charge is 0.283 e. The molecule has 1 aliphatic carbocycles. The quantitative estimate of drug-likeness (QED) is 0.305. The van der Waals surface area contributed by atoms with E-state index in [1.165, 1.54) is 17.8 Å². The Bertz CT molecular complexity index is 927. The predicted octanol–water partition coefficient (Wildman–Crippen LogP) is 3.01. The Morgan fingerprint density at radius 3 is 2.50 bits per heavy atom. The molecule has 3 N–H and O–H groups in total. The van der Waals surface area contributed by atoms with E-state index in [0.717, 1.165) is 12.8 Å². The van der Waals surface area contributed by atoms with Crippen LogP contribution in [0.2, 0.25) is 0 Å². The largest absolute Gasteiger partial charge is 0.348 e. The standard InChI is InChI=1S/C20H21N3O4S/c1-28-18-9-8-13(10-17(18)23(26)27)19(24)14-4-2-3-5-15(14)20(25)22-16(11-21)12-6-7-12/h2-5,8-10,12,16H,6-7,11,21H2,1H3,(H,22,25). The first-order valence-electron chi connectivity index (χ1n) is 8.93. The summed E-state index contributed by atoms with van der Waals surface area (Å²) in [5, 5.41) is 14.2. The number of benzene rings is 2. The van der Waals surface area contributed by atoms with Gasteiger partial charge in [-0.2, -0.15) is 0 Å². The average Bonchev–Trinajstić information content (AvgIpc) is 3.56. The van der Waals surface area contributed by atoms with E-state index in [1.54, 1.807) is 42.7 Å². The minimum Gasteiger partial charge on any atom is -0.348 e. The SMILES string of the molecule is CSc1ccc(C(=O)c2ccccc2C(=O)NC(CN)C2CC2)cc1[N+](=O)[O-]. The Morgan fingerprint density at radius 1 is 1.25 bits per heavy atom. The van der Waals surface area contributed by atoms with E-state index in [1.807, 2.05) is 0 Å². The van der Waals surface area contributed by atoms with Crippen LogP contribution in [0.15, 0.2) is 47.4 Å². The van der Waals surface area contributed by atoms with Crippen LogP contribution in [0.25, 0.3) is 0 Å². The Kier molecular flexibility index (Phi) is 6.11. The number of nitrogens with one attached hydrogen (secondary N) is 1. The minimum absolute atomic E-state index is 0.113. The first kappa shape index (κ1) is 20.0. The van der Waals surface area contributed by atoms with E-state index in [4.69, 9.17) is 5.73 Å². The number of nitro groups is 1. The first-order valence-corrected chi connectivity index (χ1v) is 10.2. The van der Waals surface area contributed by atoms with Crippen molar-refractivity contribution in [2.24, 2.45) is 11.7 Å². The van der Waals surface area contributed by atoms with Gasteiger partial charge in [-0.1, -0.05) is 18.2 Å². The summed E-state index contributed by atoms with van der Waals surface area (Å²) in [6, 6.07) is 10.7. The lowest BCUT2D eigenvalue weighted by Gasteiger charge is -2.17. The highest BCUT2D eigenvalue weighted by Crippen LogP contribution is 2.32. The number of rotatable bonds is 8. The van der Waals surface area contributed by atoms with Crippen LogP contribution >= 0.6 is 11.8 Å². The van der Waals surface area contributed by atoms with E-state index in [9.17, 15) is 19.7 Å². The van der Waals surface area contributed by atoms with Crippen LogP contribution in [-0.4, -0.2) is 35.5 Å². The van der Waals surface area contributed by atoms with Gasteiger partial charge in [0.1, 0.15) is 0 Å². The van der Waals surface area contributed by atoms with Crippen molar-refractivity contribution in [2.45, 2.75) is 23.8 Å². The van der Waals surface area contributed by atoms with Crippen LogP contribution in [0.4, 0.5) is 5.69 Å². The summed E-state index contributed by atoms with van der Waals surface area (Å²) in [7, 11) is 0. The number of amides is 1. The summed E-state index contributed by atoms with van der Waals surface area (Å²) in [5.41, 5.74) is 6.24. The molecule has 1 fully saturated rings. The molecule has 0 aliphatic heterocycles. The second-order valence-electron chi connectivity index (χ2n) is 6.67. The molecule has 0 bridgehead atoms. The molecule has 1 saturated carbocycles. The minimum atomic E-state index is -0.511. The van der Waals surface area contributed by atoms with Gasteiger partial charge in [-0.3, -0.25) is 19.7 Å². The Hall–Kier alpha value is -2.71. The van der Waals surface area contributed by atoms with Crippen molar-refractivity contribution in [3.8, 4) is 0 Å². The van der Waals surface area contributed by atoms with Crippen LogP contribution in [0, 0.1) is 16.0 Å². The third-order valence-corrected chi connectivity index (χ3v) is 5.60. The van der Waals surface area contributed by atoms with Crippen molar-refractivity contribution in [1.29, 1.82) is 0 Å². The molecule has 1 unspecified atom stereocenters. The van der Waals surface area contributed by atoms with E-state index >= 15 is 0 Å². The predicted molar refractivity (Wildman–Crippen MR) is 108 cm³/mol. The molecule has 3 rings (SSSR count). The van der Waals surface area contributed by atoms with Crippen LogP contribution in [-0.2, 0) is 0 Å². The molecule has 28 heavy (non-hydrogen) atoms. The van der Waals surface area contributed by atoms with Crippen molar-refractivity contribution in [2.75, 3.05) is 12.8 Å². The van der Waals surface area contributed by atoms with Gasteiger partial charge in [-0.25, -0.2) is 0 Å². The number of hydrogen-bond donors (Lipinski definition) is 2. The van der Waals surface area contributed by atoms with E-state index in [0.29, 0.717) is 17.4 Å². The molecule has 146 valence electrons. The van der Waals surface area contributed by atoms with Crippen LogP contribution in [0.1, 0.15) is 39.1 Å². The van der Waals surface area contributed by atoms with Crippen LogP contribution < -0.4 is 11.1 Å². The number of thioether (sulfide) groups is 1. The van der Waals surface area contributed by atoms with Crippen molar-refractivity contribution < 1.29 is 14.5 Å². The number of hydrogen-bond acceptors (Lipinski definition) is 6. The lowest BCUT2D eigenvalue weighted by Crippen LogP contribution is -2.42. The Balaban J connectivity index is 1.92. The second kappa shape index (κ2) is 8.53. The summed E-state index contributed by atoms with van der Waals surface area (Å²) in [6.07, 6.45) is 3.81. The lowest BCUT2D eigenvalue weighted by atomic mass is 9.97. The molecule has 0 heterocycles. The molecule has 2 aromatic carbocycles. The van der Waals surface area contributed by atoms with Crippen LogP contribution in [0.3, 0.4) is 0 Å². The number of carbonyl (C=O) groups is 2. The van der Waals surface area contributed by atoms with Gasteiger partial charge in [-0.15, -0.1) is 11.8 Å². The molecule has 0 radical (unpaired) electrons. The van der Waals surface area contributed by atoms with Crippen molar-refractivity contribution >= 4 is 29.1 Å². The summed E-state index contributed by atoms with van der Waals surface area (Å²) < 4.78 is 0. The van der Waals surface area contributed by atoms with E-state index in [-0.39, 0.29) is 34.3 Å². The molecule has 2 aromatic rings. The highest BCUT2D eigenvalue weighted by molar-refractivity contribution is 7.98. The van der Waals surface area contributed by atoms with Crippen molar-refractivity contribution in [3.63, 3.8) is 0 Å². The summed E-state index contributed by atoms with van der Waals surface area (Å²) >= 11 is 1.24. The molecule has 0 saturated heterocycles. The lowest BCUT2D eigenvalue weighted by molar-refractivity contribution is -0.387. The van der Waals surface area contributed by atoms with Gasteiger partial charge in [0.25, 0.3) is 11.6 Å². The van der Waals surface area contributed by atoms with Crippen molar-refractivity contribution in [3.05, 3.63) is 69.3 Å². The molecule has 1 amide bonds. The van der Waals surface area contributed by atoms with E-state index in [2.05, 4.69) is 5.32 Å². The maximum Gasteiger partial charge on any atom is 0.283 e. The number of carbonyl (C=O) groups excluding carboxylic acids is 2. The van der Waals surface area contributed by atoms with Gasteiger partial charge in [0, 0.05) is 29.8 Å². The fourth-order valence-electron chi connectivity index (χ4n) is 3.12. The number of nitro benzene ring substituents is 1. The van der Waals surface area contributed by atoms with Gasteiger partial charge >= 0.3 is 0 Å². The average molecular weight is 399 g/mol. The molecule has 1 atom stereocenters. The highest BCUT2D eigenvalue weighted by Gasteiger charge is 2.32. The summed E-state index contributed by atoms with van der Waals surface area (Å²) in [4.78, 5) is 37.0. The molecule has 0 spiro atoms. The maximum absolute atomic E-state index is 13.0. The van der Waals surface area contributed by atoms with Crippen LogP contribution in [0.5, 0.6) is 0 Å². The summed E-state index contributed by atoms with van der Waals surface area (Å²) in [5.74, 6) is -0.405. The zero-order valence-electron chi connectivity index (χ0n) is 15.4. The van der Waals surface area contributed by atoms with Gasteiger partial charge < -0.3 is 11.1 Å². The summed E-state index contributed by atoms with van der Waals surface area (Å²) in [6.45, 7) is 0.342. The van der Waals surface area contributed by atoms with Gasteiger partial charge in [0.2, 0.25) is 0 Å². The van der Waals surface area contributed by atoms with Gasteiger partial charge in [-0.05, 0) is 43.2 Å². The molecular formula is C20H21N3O4S.